The van der Waals surface area contributed by atoms with Gasteiger partial charge in [0, 0.05) is 5.02 Å². The number of benzene rings is 2. The van der Waals surface area contributed by atoms with Crippen molar-refractivity contribution in [2.24, 2.45) is 0 Å². The van der Waals surface area contributed by atoms with Crippen LogP contribution >= 0.6 is 20.8 Å². The summed E-state index contributed by atoms with van der Waals surface area (Å²) in [6.45, 7) is 8.40. The normalized spacial score (nSPS) is 11.4. The van der Waals surface area contributed by atoms with E-state index in [1.807, 2.05) is 12.1 Å². The Hall–Kier alpha value is -1.04. The highest BCUT2D eigenvalue weighted by Crippen LogP contribution is 2.38. The van der Waals surface area contributed by atoms with Gasteiger partial charge in [-0.05, 0) is 57.6 Å². The molecule has 0 aliphatic rings. The standard InChI is InChI=1S/C18H22ClOP/c1-10(2)14-8-12(9-15(11(3)4)17(14)20)13-6-5-7-16(19)18(13)21/h5-11,20H,21H2,1-4H3. The van der Waals surface area contributed by atoms with E-state index in [9.17, 15) is 5.11 Å². The molecule has 112 valence electrons. The van der Waals surface area contributed by atoms with Crippen LogP contribution in [0, 0.1) is 0 Å². The van der Waals surface area contributed by atoms with Crippen molar-refractivity contribution in [1.29, 1.82) is 0 Å². The molecular weight excluding hydrogens is 299 g/mol. The second-order valence-electron chi connectivity index (χ2n) is 6.01. The molecule has 2 rings (SSSR count). The first kappa shape index (κ1) is 16.3. The number of aromatic hydroxyl groups is 1. The van der Waals surface area contributed by atoms with Crippen molar-refractivity contribution in [3.05, 3.63) is 46.5 Å². The highest BCUT2D eigenvalue weighted by Gasteiger charge is 2.16. The summed E-state index contributed by atoms with van der Waals surface area (Å²) in [7, 11) is 2.72. The minimum atomic E-state index is 0.273. The maximum Gasteiger partial charge on any atom is 0.122 e. The molecule has 2 aromatic rings. The predicted molar refractivity (Wildman–Crippen MR) is 96.1 cm³/mol. The van der Waals surface area contributed by atoms with Crippen LogP contribution < -0.4 is 5.30 Å². The Balaban J connectivity index is 2.72. The average molecular weight is 321 g/mol. The predicted octanol–water partition coefficient (Wildman–Crippen LogP) is 5.46. The maximum absolute atomic E-state index is 10.5. The molecule has 0 spiro atoms. The van der Waals surface area contributed by atoms with Crippen molar-refractivity contribution < 1.29 is 5.11 Å². The molecule has 21 heavy (non-hydrogen) atoms. The fourth-order valence-corrected chi connectivity index (χ4v) is 3.04. The zero-order valence-corrected chi connectivity index (χ0v) is 14.9. The van der Waals surface area contributed by atoms with Crippen molar-refractivity contribution in [2.75, 3.05) is 0 Å². The van der Waals surface area contributed by atoms with Gasteiger partial charge in [-0.2, -0.15) is 0 Å². The van der Waals surface area contributed by atoms with E-state index >= 15 is 0 Å². The van der Waals surface area contributed by atoms with Crippen LogP contribution in [0.2, 0.25) is 5.02 Å². The Morgan fingerprint density at radius 3 is 2.00 bits per heavy atom. The van der Waals surface area contributed by atoms with Gasteiger partial charge in [0.05, 0.1) is 0 Å². The summed E-state index contributed by atoms with van der Waals surface area (Å²) >= 11 is 6.23. The molecule has 1 unspecified atom stereocenters. The van der Waals surface area contributed by atoms with Gasteiger partial charge >= 0.3 is 0 Å². The molecule has 3 heteroatoms. The zero-order valence-electron chi connectivity index (χ0n) is 12.9. The lowest BCUT2D eigenvalue weighted by Crippen LogP contribution is -2.02. The van der Waals surface area contributed by atoms with Crippen molar-refractivity contribution in [2.45, 2.75) is 39.5 Å². The fraction of sp³-hybridized carbons (Fsp3) is 0.333. The van der Waals surface area contributed by atoms with Gasteiger partial charge in [0.2, 0.25) is 0 Å². The molecule has 0 aliphatic heterocycles. The number of hydrogen-bond acceptors (Lipinski definition) is 1. The Labute approximate surface area is 134 Å². The van der Waals surface area contributed by atoms with E-state index in [4.69, 9.17) is 11.6 Å². The van der Waals surface area contributed by atoms with Crippen LogP contribution in [0.15, 0.2) is 30.3 Å². The molecule has 0 aliphatic carbocycles. The van der Waals surface area contributed by atoms with Crippen LogP contribution in [0.5, 0.6) is 5.75 Å². The SMILES string of the molecule is CC(C)c1cc(-c2cccc(Cl)c2P)cc(C(C)C)c1O. The summed E-state index contributed by atoms with van der Waals surface area (Å²) in [4.78, 5) is 0. The third-order valence-corrected chi connectivity index (χ3v) is 4.91. The van der Waals surface area contributed by atoms with Gasteiger partial charge in [0.1, 0.15) is 5.75 Å². The third kappa shape index (κ3) is 3.25. The Kier molecular flexibility index (Phi) is 4.96. The average Bonchev–Trinajstić information content (AvgIpc) is 2.41. The maximum atomic E-state index is 10.5. The monoisotopic (exact) mass is 320 g/mol. The van der Waals surface area contributed by atoms with Gasteiger partial charge in [0.15, 0.2) is 0 Å². The van der Waals surface area contributed by atoms with Crippen molar-refractivity contribution in [3.63, 3.8) is 0 Å². The van der Waals surface area contributed by atoms with E-state index in [-0.39, 0.29) is 11.8 Å². The summed E-state index contributed by atoms with van der Waals surface area (Å²) in [5, 5.41) is 12.2. The molecular formula is C18H22ClOP. The highest BCUT2D eigenvalue weighted by atomic mass is 35.5. The summed E-state index contributed by atoms with van der Waals surface area (Å²) in [6, 6.07) is 10.1. The first-order valence-corrected chi connectivity index (χ1v) is 8.19. The second-order valence-corrected chi connectivity index (χ2v) is 7.00. The van der Waals surface area contributed by atoms with Crippen molar-refractivity contribution in [3.8, 4) is 16.9 Å². The third-order valence-electron chi connectivity index (χ3n) is 3.78. The Morgan fingerprint density at radius 1 is 1.00 bits per heavy atom. The highest BCUT2D eigenvalue weighted by molar-refractivity contribution is 7.28. The molecule has 0 saturated carbocycles. The molecule has 2 aromatic carbocycles. The quantitative estimate of drug-likeness (QED) is 0.744. The van der Waals surface area contributed by atoms with Crippen LogP contribution in [0.25, 0.3) is 11.1 Å². The van der Waals surface area contributed by atoms with E-state index < -0.39 is 0 Å². The second kappa shape index (κ2) is 6.38. The van der Waals surface area contributed by atoms with Crippen molar-refractivity contribution in [1.82, 2.24) is 0 Å². The first-order valence-electron chi connectivity index (χ1n) is 7.24. The molecule has 0 heterocycles. The topological polar surface area (TPSA) is 20.2 Å². The number of rotatable bonds is 3. The molecule has 0 radical (unpaired) electrons. The molecule has 0 aromatic heterocycles. The molecule has 1 N–H and O–H groups in total. The van der Waals surface area contributed by atoms with Gasteiger partial charge in [-0.3, -0.25) is 0 Å². The van der Waals surface area contributed by atoms with E-state index in [2.05, 4.69) is 55.1 Å². The fourth-order valence-electron chi connectivity index (χ4n) is 2.50. The van der Waals surface area contributed by atoms with Crippen LogP contribution in [0.4, 0.5) is 0 Å². The Bertz CT molecular complexity index is 633. The molecule has 1 nitrogen and oxygen atoms in total. The van der Waals surface area contributed by atoms with Crippen molar-refractivity contribution >= 4 is 26.1 Å². The number of halogens is 1. The largest absolute Gasteiger partial charge is 0.507 e. The Morgan fingerprint density at radius 2 is 1.52 bits per heavy atom. The lowest BCUT2D eigenvalue weighted by molar-refractivity contribution is 0.454. The van der Waals surface area contributed by atoms with Gasteiger partial charge in [-0.1, -0.05) is 51.4 Å². The number of phenolic OH excluding ortho intramolecular Hbond substituents is 1. The van der Waals surface area contributed by atoms with Crippen LogP contribution in [-0.2, 0) is 0 Å². The van der Waals surface area contributed by atoms with Crippen LogP contribution in [0.3, 0.4) is 0 Å². The van der Waals surface area contributed by atoms with Gasteiger partial charge in [0.25, 0.3) is 0 Å². The first-order chi connectivity index (χ1) is 9.82. The van der Waals surface area contributed by atoms with Crippen LogP contribution in [-0.4, -0.2) is 5.11 Å². The van der Waals surface area contributed by atoms with Gasteiger partial charge in [-0.15, -0.1) is 9.24 Å². The number of phenols is 1. The van der Waals surface area contributed by atoms with E-state index in [1.54, 1.807) is 0 Å². The molecule has 1 atom stereocenters. The van der Waals surface area contributed by atoms with Gasteiger partial charge in [-0.25, -0.2) is 0 Å². The molecule has 0 bridgehead atoms. The summed E-state index contributed by atoms with van der Waals surface area (Å²) in [6.07, 6.45) is 0. The van der Waals surface area contributed by atoms with E-state index in [0.717, 1.165) is 32.6 Å². The van der Waals surface area contributed by atoms with E-state index in [0.29, 0.717) is 5.75 Å². The molecule has 0 fully saturated rings. The zero-order chi connectivity index (χ0) is 15.7. The smallest absolute Gasteiger partial charge is 0.122 e. The number of hydrogen-bond donors (Lipinski definition) is 1. The van der Waals surface area contributed by atoms with Crippen LogP contribution in [0.1, 0.15) is 50.7 Å². The summed E-state index contributed by atoms with van der Waals surface area (Å²) in [5.41, 5.74) is 4.17. The van der Waals surface area contributed by atoms with Gasteiger partial charge < -0.3 is 5.11 Å². The minimum Gasteiger partial charge on any atom is -0.507 e. The summed E-state index contributed by atoms with van der Waals surface area (Å²) < 4.78 is 0. The molecule has 0 saturated heterocycles. The minimum absolute atomic E-state index is 0.273. The lowest BCUT2D eigenvalue weighted by atomic mass is 9.89. The van der Waals surface area contributed by atoms with E-state index in [1.165, 1.54) is 0 Å². The molecule has 0 amide bonds. The summed E-state index contributed by atoms with van der Waals surface area (Å²) in [5.74, 6) is 0.972. The lowest BCUT2D eigenvalue weighted by Gasteiger charge is -2.18.